The number of hydrogen-bond donors (Lipinski definition) is 1. The first-order valence-corrected chi connectivity index (χ1v) is 14.3. The minimum atomic E-state index is -0.0895. The van der Waals surface area contributed by atoms with Crippen LogP contribution in [-0.4, -0.2) is 42.1 Å². The van der Waals surface area contributed by atoms with Crippen LogP contribution in [0.15, 0.2) is 54.7 Å². The minimum Gasteiger partial charge on any atom is -0.372 e. The number of piperidine rings is 1. The van der Waals surface area contributed by atoms with Crippen molar-refractivity contribution in [1.82, 2.24) is 15.2 Å². The Hall–Kier alpha value is -2.61. The van der Waals surface area contributed by atoms with Gasteiger partial charge in [0, 0.05) is 36.8 Å². The Morgan fingerprint density at radius 3 is 2.69 bits per heavy atom. The van der Waals surface area contributed by atoms with Crippen molar-refractivity contribution < 1.29 is 9.53 Å². The van der Waals surface area contributed by atoms with E-state index in [2.05, 4.69) is 39.5 Å². The Labute approximate surface area is 243 Å². The van der Waals surface area contributed by atoms with Gasteiger partial charge in [-0.25, -0.2) is 9.78 Å². The molecule has 1 aromatic heterocycles. The maximum Gasteiger partial charge on any atom is 0.322 e. The lowest BCUT2D eigenvalue weighted by Gasteiger charge is -2.39. The Kier molecular flexibility index (Phi) is 7.58. The number of benzene rings is 2. The third-order valence-electron chi connectivity index (χ3n) is 8.10. The highest BCUT2D eigenvalue weighted by Gasteiger charge is 2.48. The summed E-state index contributed by atoms with van der Waals surface area (Å²) in [5, 5.41) is 4.65. The fourth-order valence-electron chi connectivity index (χ4n) is 5.98. The lowest BCUT2D eigenvalue weighted by atomic mass is 9.74. The number of amides is 2. The van der Waals surface area contributed by atoms with Gasteiger partial charge in [0.25, 0.3) is 0 Å². The summed E-state index contributed by atoms with van der Waals surface area (Å²) in [5.74, 6) is 0. The summed E-state index contributed by atoms with van der Waals surface area (Å²) in [4.78, 5) is 22.0. The number of halogens is 3. The van der Waals surface area contributed by atoms with Crippen molar-refractivity contribution in [3.8, 4) is 0 Å². The summed E-state index contributed by atoms with van der Waals surface area (Å²) < 4.78 is 5.79. The van der Waals surface area contributed by atoms with E-state index in [0.717, 1.165) is 54.9 Å². The highest BCUT2D eigenvalue weighted by atomic mass is 35.5. The molecule has 0 unspecified atom stereocenters. The van der Waals surface area contributed by atoms with Crippen LogP contribution in [0.3, 0.4) is 0 Å². The maximum atomic E-state index is 13.6. The van der Waals surface area contributed by atoms with Crippen LogP contribution in [0.4, 0.5) is 10.5 Å². The molecule has 4 heterocycles. The number of pyridine rings is 1. The van der Waals surface area contributed by atoms with Crippen LogP contribution in [0.1, 0.15) is 40.7 Å². The van der Waals surface area contributed by atoms with Gasteiger partial charge in [-0.2, -0.15) is 0 Å². The fraction of sp³-hybridized carbons (Fsp3) is 0.333. The number of likely N-dealkylation sites (tertiary alicyclic amines) is 1. The zero-order valence-corrected chi connectivity index (χ0v) is 23.7. The largest absolute Gasteiger partial charge is 0.372 e. The van der Waals surface area contributed by atoms with E-state index < -0.39 is 0 Å². The smallest absolute Gasteiger partial charge is 0.322 e. The quantitative estimate of drug-likeness (QED) is 0.334. The van der Waals surface area contributed by atoms with E-state index in [0.29, 0.717) is 41.5 Å². The van der Waals surface area contributed by atoms with E-state index in [4.69, 9.17) is 39.5 Å². The lowest BCUT2D eigenvalue weighted by Crippen LogP contribution is -2.47. The molecule has 3 aliphatic heterocycles. The Morgan fingerprint density at radius 2 is 1.90 bits per heavy atom. The number of ether oxygens (including phenoxy) is 1. The van der Waals surface area contributed by atoms with Crippen molar-refractivity contribution >= 4 is 52.6 Å². The molecule has 0 radical (unpaired) electrons. The number of aromatic nitrogens is 1. The number of anilines is 1. The van der Waals surface area contributed by atoms with Crippen molar-refractivity contribution in [3.05, 3.63) is 97.8 Å². The zero-order chi connectivity index (χ0) is 27.0. The number of nitrogens with zero attached hydrogens (tertiary/aromatic N) is 3. The van der Waals surface area contributed by atoms with Crippen LogP contribution in [-0.2, 0) is 29.9 Å². The number of nitrogens with one attached hydrogen (secondary N) is 1. The van der Waals surface area contributed by atoms with Gasteiger partial charge in [-0.15, -0.1) is 0 Å². The summed E-state index contributed by atoms with van der Waals surface area (Å²) in [7, 11) is 0. The van der Waals surface area contributed by atoms with Crippen LogP contribution >= 0.6 is 34.8 Å². The molecular formula is C30H29Cl3N4O2. The molecular weight excluding hydrogens is 555 g/mol. The van der Waals surface area contributed by atoms with E-state index >= 15 is 0 Å². The van der Waals surface area contributed by atoms with Crippen LogP contribution in [0.5, 0.6) is 0 Å². The standard InChI is InChI=1S/C30H29Cl3N4O2/c31-25-6-3-20(14-26(25)32)2-1-11-36-12-8-30(9-13-36)19-37(28-23-18-39-17-22(23)4-5-24(28)30)29(38)35-16-21-7-10-34-27(33)15-21/h1-7,10,14-15H,8-9,11-13,16-19H2,(H,35,38)/b2-1+. The van der Waals surface area contributed by atoms with Gasteiger partial charge in [-0.3, -0.25) is 9.80 Å². The SMILES string of the molecule is O=C(NCc1ccnc(Cl)c1)N1CC2(CCN(C/C=C/c3ccc(Cl)c(Cl)c3)CC2)c2ccc3c(c21)COC3. The minimum absolute atomic E-state index is 0.0613. The van der Waals surface area contributed by atoms with E-state index in [1.54, 1.807) is 12.3 Å². The van der Waals surface area contributed by atoms with Gasteiger partial charge in [0.05, 0.1) is 28.9 Å². The highest BCUT2D eigenvalue weighted by Crippen LogP contribution is 2.50. The predicted molar refractivity (Wildman–Crippen MR) is 157 cm³/mol. The summed E-state index contributed by atoms with van der Waals surface area (Å²) in [6, 6.07) is 13.6. The molecule has 39 heavy (non-hydrogen) atoms. The van der Waals surface area contributed by atoms with E-state index in [1.165, 1.54) is 11.1 Å². The second-order valence-electron chi connectivity index (χ2n) is 10.5. The molecule has 0 saturated carbocycles. The number of urea groups is 1. The lowest BCUT2D eigenvalue weighted by molar-refractivity contribution is 0.134. The Bertz CT molecular complexity index is 1440. The summed E-state index contributed by atoms with van der Waals surface area (Å²) >= 11 is 18.2. The summed E-state index contributed by atoms with van der Waals surface area (Å²) in [5.41, 5.74) is 6.54. The molecule has 0 bridgehead atoms. The van der Waals surface area contributed by atoms with Gasteiger partial charge in [0.15, 0.2) is 0 Å². The van der Waals surface area contributed by atoms with Gasteiger partial charge in [-0.1, -0.05) is 65.2 Å². The molecule has 3 aliphatic rings. The number of hydrogen-bond acceptors (Lipinski definition) is 4. The number of carbonyl (C=O) groups is 1. The predicted octanol–water partition coefficient (Wildman–Crippen LogP) is 6.85. The number of fused-ring (bicyclic) bond motifs is 4. The molecule has 2 amide bonds. The van der Waals surface area contributed by atoms with Gasteiger partial charge >= 0.3 is 6.03 Å². The molecule has 9 heteroatoms. The maximum absolute atomic E-state index is 13.6. The molecule has 202 valence electrons. The molecule has 3 aromatic rings. The second-order valence-corrected chi connectivity index (χ2v) is 11.7. The first kappa shape index (κ1) is 26.6. The summed E-state index contributed by atoms with van der Waals surface area (Å²) in [6.07, 6.45) is 7.90. The van der Waals surface area contributed by atoms with Crippen LogP contribution in [0.25, 0.3) is 6.08 Å². The van der Waals surface area contributed by atoms with Gasteiger partial charge in [0.1, 0.15) is 5.15 Å². The summed E-state index contributed by atoms with van der Waals surface area (Å²) in [6.45, 7) is 5.00. The molecule has 1 N–H and O–H groups in total. The topological polar surface area (TPSA) is 57.7 Å². The average Bonchev–Trinajstić information content (AvgIpc) is 3.54. The van der Waals surface area contributed by atoms with Crippen molar-refractivity contribution in [1.29, 1.82) is 0 Å². The van der Waals surface area contributed by atoms with Crippen molar-refractivity contribution in [2.45, 2.75) is 38.0 Å². The first-order valence-electron chi connectivity index (χ1n) is 13.1. The van der Waals surface area contributed by atoms with Gasteiger partial charge in [-0.05, 0) is 72.5 Å². The fourth-order valence-corrected chi connectivity index (χ4v) is 6.49. The molecule has 6 nitrogen and oxygen atoms in total. The van der Waals surface area contributed by atoms with Crippen molar-refractivity contribution in [2.24, 2.45) is 0 Å². The Morgan fingerprint density at radius 1 is 1.05 bits per heavy atom. The molecule has 0 aliphatic carbocycles. The first-order chi connectivity index (χ1) is 18.9. The highest BCUT2D eigenvalue weighted by molar-refractivity contribution is 6.42. The molecule has 1 saturated heterocycles. The number of carbonyl (C=O) groups excluding carboxylic acids is 1. The molecule has 6 rings (SSSR count). The van der Waals surface area contributed by atoms with Crippen molar-refractivity contribution in [3.63, 3.8) is 0 Å². The van der Waals surface area contributed by atoms with Gasteiger partial charge in [0.2, 0.25) is 0 Å². The second kappa shape index (κ2) is 11.1. The zero-order valence-electron chi connectivity index (χ0n) is 21.4. The van der Waals surface area contributed by atoms with Gasteiger partial charge < -0.3 is 10.1 Å². The van der Waals surface area contributed by atoms with E-state index in [1.807, 2.05) is 29.2 Å². The normalized spacial score (nSPS) is 18.1. The average molecular weight is 584 g/mol. The van der Waals surface area contributed by atoms with Crippen molar-refractivity contribution in [2.75, 3.05) is 31.1 Å². The molecule has 2 aromatic carbocycles. The molecule has 1 fully saturated rings. The third-order valence-corrected chi connectivity index (χ3v) is 9.04. The van der Waals surface area contributed by atoms with E-state index in [9.17, 15) is 4.79 Å². The third kappa shape index (κ3) is 5.41. The van der Waals surface area contributed by atoms with Crippen LogP contribution in [0, 0.1) is 0 Å². The molecule has 0 atom stereocenters. The van der Waals surface area contributed by atoms with E-state index in [-0.39, 0.29) is 11.4 Å². The number of rotatable bonds is 5. The van der Waals surface area contributed by atoms with Crippen LogP contribution in [0.2, 0.25) is 15.2 Å². The van der Waals surface area contributed by atoms with Crippen LogP contribution < -0.4 is 10.2 Å². The Balaban J connectivity index is 1.16. The molecule has 1 spiro atoms. The monoisotopic (exact) mass is 582 g/mol.